The maximum Gasteiger partial charge on any atom is 0.310 e. The molecule has 0 saturated carbocycles. The Hall–Kier alpha value is -3.34. The van der Waals surface area contributed by atoms with Crippen molar-refractivity contribution in [1.82, 2.24) is 0 Å². The predicted octanol–water partition coefficient (Wildman–Crippen LogP) is 0.737. The molecule has 3 saturated heterocycles. The van der Waals surface area contributed by atoms with E-state index >= 15 is 0 Å². The number of cyclic esters (lactones) is 1. The molecule has 0 amide bonds. The zero-order valence-electron chi connectivity index (χ0n) is 23.9. The molecule has 2 aromatic carbocycles. The number of sulfone groups is 1. The van der Waals surface area contributed by atoms with Crippen LogP contribution in [0.2, 0.25) is 0 Å². The average molecular weight is 637 g/mol. The summed E-state index contributed by atoms with van der Waals surface area (Å²) in [5.41, 5.74) is -0.648. The molecule has 0 radical (unpaired) electrons. The van der Waals surface area contributed by atoms with Gasteiger partial charge in [-0.25, -0.2) is 8.42 Å². The second-order valence-electron chi connectivity index (χ2n) is 11.4. The first-order valence-electron chi connectivity index (χ1n) is 14.1. The highest BCUT2D eigenvalue weighted by atomic mass is 32.2. The van der Waals surface area contributed by atoms with Crippen molar-refractivity contribution in [3.8, 4) is 28.7 Å². The van der Waals surface area contributed by atoms with Gasteiger partial charge in [-0.2, -0.15) is 0 Å². The highest BCUT2D eigenvalue weighted by Crippen LogP contribution is 2.58. The van der Waals surface area contributed by atoms with Gasteiger partial charge in [0.2, 0.25) is 12.5 Å². The molecular weight excluding hydrogens is 604 g/mol. The van der Waals surface area contributed by atoms with E-state index in [1.54, 1.807) is 31.2 Å². The SMILES string of the molecule is COc1cc([C@H]2c3cc4c(cc3[C@H](S(=O)(=O)[C@@H]3O[C@@H]5COC(C)O[C@H]5[C@H](O)[C@H]3O)[C@H]3COC(=O)[C@H]23)OCO4)cc(OC)c1O. The van der Waals surface area contributed by atoms with E-state index in [-0.39, 0.29) is 37.3 Å². The van der Waals surface area contributed by atoms with Gasteiger partial charge in [-0.1, -0.05) is 0 Å². The number of carbonyl (C=O) groups is 1. The minimum absolute atomic E-state index is 0.0538. The van der Waals surface area contributed by atoms with Gasteiger partial charge in [0.1, 0.15) is 24.4 Å². The van der Waals surface area contributed by atoms with Crippen molar-refractivity contribution in [2.75, 3.05) is 34.2 Å². The number of aliphatic hydroxyl groups excluding tert-OH is 2. The maximum absolute atomic E-state index is 14.6. The number of fused-ring (bicyclic) bond motifs is 4. The van der Waals surface area contributed by atoms with E-state index in [9.17, 15) is 28.5 Å². The second kappa shape index (κ2) is 10.6. The zero-order chi connectivity index (χ0) is 31.1. The van der Waals surface area contributed by atoms with Crippen LogP contribution in [0.4, 0.5) is 0 Å². The smallest absolute Gasteiger partial charge is 0.310 e. The summed E-state index contributed by atoms with van der Waals surface area (Å²) in [7, 11) is -1.79. The van der Waals surface area contributed by atoms with Gasteiger partial charge in [-0.15, -0.1) is 0 Å². The molecule has 3 fully saturated rings. The van der Waals surface area contributed by atoms with Crippen molar-refractivity contribution in [2.45, 2.75) is 54.2 Å². The van der Waals surface area contributed by atoms with Crippen molar-refractivity contribution in [1.29, 1.82) is 0 Å². The van der Waals surface area contributed by atoms with Crippen LogP contribution in [0.3, 0.4) is 0 Å². The zero-order valence-corrected chi connectivity index (χ0v) is 24.8. The summed E-state index contributed by atoms with van der Waals surface area (Å²) in [5.74, 6) is -2.74. The molecule has 0 spiro atoms. The quantitative estimate of drug-likeness (QED) is 0.390. The highest BCUT2D eigenvalue weighted by molar-refractivity contribution is 7.92. The van der Waals surface area contributed by atoms with Crippen molar-refractivity contribution in [3.05, 3.63) is 41.0 Å². The van der Waals surface area contributed by atoms with Crippen LogP contribution in [-0.2, 0) is 33.6 Å². The molecule has 1 aliphatic carbocycles. The lowest BCUT2D eigenvalue weighted by Crippen LogP contribution is -2.64. The van der Waals surface area contributed by atoms with E-state index in [1.807, 2.05) is 0 Å². The molecule has 4 aliphatic heterocycles. The summed E-state index contributed by atoms with van der Waals surface area (Å²) >= 11 is 0. The normalized spacial score (nSPS) is 35.7. The molecule has 238 valence electrons. The largest absolute Gasteiger partial charge is 0.502 e. The van der Waals surface area contributed by atoms with Crippen molar-refractivity contribution < 1.29 is 66.4 Å². The molecule has 4 heterocycles. The Balaban J connectivity index is 1.39. The first-order chi connectivity index (χ1) is 21.0. The Bertz CT molecular complexity index is 1570. The van der Waals surface area contributed by atoms with Crippen LogP contribution in [0.1, 0.15) is 34.8 Å². The first-order valence-corrected chi connectivity index (χ1v) is 15.7. The monoisotopic (exact) mass is 636 g/mol. The van der Waals surface area contributed by atoms with Gasteiger partial charge in [0.25, 0.3) is 0 Å². The fourth-order valence-corrected chi connectivity index (χ4v) is 9.57. The third-order valence-electron chi connectivity index (χ3n) is 9.14. The van der Waals surface area contributed by atoms with Gasteiger partial charge in [0.15, 0.2) is 44.6 Å². The molecule has 1 unspecified atom stereocenters. The number of rotatable bonds is 5. The van der Waals surface area contributed by atoms with Gasteiger partial charge >= 0.3 is 5.97 Å². The number of ether oxygens (including phenoxy) is 8. The molecule has 0 aromatic heterocycles. The molecule has 5 aliphatic rings. The van der Waals surface area contributed by atoms with E-state index in [4.69, 9.17) is 37.9 Å². The van der Waals surface area contributed by atoms with Gasteiger partial charge in [0.05, 0.1) is 38.6 Å². The third-order valence-corrected chi connectivity index (χ3v) is 11.5. The molecule has 3 N–H and O–H groups in total. The lowest BCUT2D eigenvalue weighted by atomic mass is 9.67. The van der Waals surface area contributed by atoms with E-state index in [0.29, 0.717) is 28.2 Å². The average Bonchev–Trinajstić information content (AvgIpc) is 3.62. The Morgan fingerprint density at radius 3 is 2.20 bits per heavy atom. The second-order valence-corrected chi connectivity index (χ2v) is 13.6. The summed E-state index contributed by atoms with van der Waals surface area (Å²) in [5, 5.41) is 31.2. The van der Waals surface area contributed by atoms with Gasteiger partial charge in [-0.3, -0.25) is 4.79 Å². The number of carbonyl (C=O) groups excluding carboxylic acids is 1. The third kappa shape index (κ3) is 4.32. The minimum Gasteiger partial charge on any atom is -0.502 e. The molecule has 10 atom stereocenters. The maximum atomic E-state index is 14.6. The number of aliphatic hydroxyl groups is 2. The number of hydrogen-bond acceptors (Lipinski definition) is 14. The van der Waals surface area contributed by atoms with E-state index in [1.165, 1.54) is 14.2 Å². The summed E-state index contributed by atoms with van der Waals surface area (Å²) in [6.45, 7) is 1.25. The number of hydrogen-bond donors (Lipinski definition) is 3. The molecule has 7 rings (SSSR count). The van der Waals surface area contributed by atoms with Crippen molar-refractivity contribution >= 4 is 15.8 Å². The summed E-state index contributed by atoms with van der Waals surface area (Å²) in [6, 6.07) is 6.31. The highest BCUT2D eigenvalue weighted by Gasteiger charge is 2.61. The van der Waals surface area contributed by atoms with Crippen LogP contribution in [-0.4, -0.2) is 100 Å². The topological polar surface area (TPSA) is 186 Å². The molecule has 15 heteroatoms. The van der Waals surface area contributed by atoms with Crippen LogP contribution >= 0.6 is 0 Å². The van der Waals surface area contributed by atoms with Crippen LogP contribution in [0, 0.1) is 11.8 Å². The van der Waals surface area contributed by atoms with E-state index < -0.39 is 75.0 Å². The van der Waals surface area contributed by atoms with Crippen LogP contribution in [0.15, 0.2) is 24.3 Å². The molecular formula is C29H32O14S. The lowest BCUT2D eigenvalue weighted by Gasteiger charge is -2.47. The summed E-state index contributed by atoms with van der Waals surface area (Å²) < 4.78 is 73.8. The van der Waals surface area contributed by atoms with Crippen molar-refractivity contribution in [2.24, 2.45) is 11.8 Å². The van der Waals surface area contributed by atoms with E-state index in [2.05, 4.69) is 0 Å². The van der Waals surface area contributed by atoms with Crippen LogP contribution in [0.25, 0.3) is 0 Å². The number of aromatic hydroxyl groups is 1. The Kier molecular flexibility index (Phi) is 7.10. The first kappa shape index (κ1) is 29.4. The number of phenols is 1. The van der Waals surface area contributed by atoms with E-state index in [0.717, 1.165) is 0 Å². The number of benzene rings is 2. The fourth-order valence-electron chi connectivity index (χ4n) is 7.14. The van der Waals surface area contributed by atoms with Crippen molar-refractivity contribution in [3.63, 3.8) is 0 Å². The van der Waals surface area contributed by atoms with Gasteiger partial charge < -0.3 is 53.2 Å². The summed E-state index contributed by atoms with van der Waals surface area (Å²) in [4.78, 5) is 13.5. The van der Waals surface area contributed by atoms with Crippen LogP contribution in [0.5, 0.6) is 28.7 Å². The standard InChI is InChI=1S/C29H32O14S/c1-11-38-9-20-26(42-11)24(31)25(32)29(43-20)44(34,35)27-14-7-17-16(40-10-41-17)6-13(14)21(22-15(27)8-39-28(22)33)12-4-18(36-2)23(30)19(5-12)37-3/h4-7,11,15,20-22,24-27,29-32H,8-10H2,1-3H3/t11?,15-,20+,21-,22-,24+,25+,26+,27-,29-/m0/s1. The fraction of sp³-hybridized carbons (Fsp3) is 0.552. The Morgan fingerprint density at radius 2 is 1.55 bits per heavy atom. The lowest BCUT2D eigenvalue weighted by molar-refractivity contribution is -0.310. The number of phenolic OH excluding ortho intramolecular Hbond substituents is 1. The van der Waals surface area contributed by atoms with Gasteiger partial charge in [0, 0.05) is 11.8 Å². The number of methoxy groups -OCH3 is 2. The van der Waals surface area contributed by atoms with Gasteiger partial charge in [-0.05, 0) is 47.9 Å². The Morgan fingerprint density at radius 1 is 0.886 bits per heavy atom. The molecule has 2 aromatic rings. The summed E-state index contributed by atoms with van der Waals surface area (Å²) in [6.07, 6.45) is -6.09. The predicted molar refractivity (Wildman–Crippen MR) is 146 cm³/mol. The molecule has 44 heavy (non-hydrogen) atoms. The molecule has 0 bridgehead atoms. The molecule has 14 nitrogen and oxygen atoms in total. The van der Waals surface area contributed by atoms with Crippen LogP contribution < -0.4 is 18.9 Å². The number of esters is 1. The Labute approximate surface area is 252 Å². The minimum atomic E-state index is -4.54.